The van der Waals surface area contributed by atoms with E-state index in [0.717, 1.165) is 5.69 Å². The molecule has 0 aliphatic rings. The fourth-order valence-electron chi connectivity index (χ4n) is 0.976. The van der Waals surface area contributed by atoms with Crippen molar-refractivity contribution in [3.8, 4) is 0 Å². The zero-order chi connectivity index (χ0) is 8.55. The Morgan fingerprint density at radius 2 is 2.42 bits per heavy atom. The standard InChI is InChI=1S/C7H6N4O/c1-4-6-7(11-10-4)8-2-5(3-12)9-6/h2-3H,1H3,(H,8,10,11). The number of aromatic nitrogens is 4. The second kappa shape index (κ2) is 2.37. The number of aldehydes is 1. The minimum absolute atomic E-state index is 0.326. The maximum absolute atomic E-state index is 10.4. The number of nitrogens with zero attached hydrogens (tertiary/aromatic N) is 3. The van der Waals surface area contributed by atoms with Gasteiger partial charge in [-0.05, 0) is 6.92 Å². The van der Waals surface area contributed by atoms with Crippen molar-refractivity contribution in [1.82, 2.24) is 20.2 Å². The predicted molar refractivity (Wildman–Crippen MR) is 41.8 cm³/mol. The first-order valence-corrected chi connectivity index (χ1v) is 3.44. The molecule has 60 valence electrons. The highest BCUT2D eigenvalue weighted by molar-refractivity contribution is 5.78. The smallest absolute Gasteiger partial charge is 0.199 e. The summed E-state index contributed by atoms with van der Waals surface area (Å²) in [6.07, 6.45) is 2.06. The van der Waals surface area contributed by atoms with Crippen molar-refractivity contribution in [2.45, 2.75) is 6.92 Å². The molecule has 2 aromatic heterocycles. The SMILES string of the molecule is Cc1[nH]nc2ncc(C=O)nc12. The largest absolute Gasteiger partial charge is 0.296 e. The van der Waals surface area contributed by atoms with Gasteiger partial charge in [-0.15, -0.1) is 0 Å². The number of aryl methyl sites for hydroxylation is 1. The first kappa shape index (κ1) is 6.90. The topological polar surface area (TPSA) is 71.5 Å². The minimum Gasteiger partial charge on any atom is -0.296 e. The van der Waals surface area contributed by atoms with Crippen LogP contribution in [0.2, 0.25) is 0 Å². The summed E-state index contributed by atoms with van der Waals surface area (Å²) < 4.78 is 0. The molecule has 2 heterocycles. The molecule has 0 saturated carbocycles. The van der Waals surface area contributed by atoms with Gasteiger partial charge in [0.2, 0.25) is 0 Å². The summed E-state index contributed by atoms with van der Waals surface area (Å²) in [7, 11) is 0. The van der Waals surface area contributed by atoms with E-state index in [1.54, 1.807) is 0 Å². The van der Waals surface area contributed by atoms with E-state index in [1.165, 1.54) is 6.20 Å². The molecule has 2 rings (SSSR count). The molecular weight excluding hydrogens is 156 g/mol. The summed E-state index contributed by atoms with van der Waals surface area (Å²) in [5.41, 5.74) is 2.34. The molecule has 5 heteroatoms. The van der Waals surface area contributed by atoms with Gasteiger partial charge >= 0.3 is 0 Å². The van der Waals surface area contributed by atoms with Gasteiger partial charge in [0.05, 0.1) is 11.9 Å². The normalized spacial score (nSPS) is 10.4. The van der Waals surface area contributed by atoms with Gasteiger partial charge in [-0.1, -0.05) is 0 Å². The van der Waals surface area contributed by atoms with E-state index < -0.39 is 0 Å². The van der Waals surface area contributed by atoms with Crippen LogP contribution in [0.5, 0.6) is 0 Å². The Bertz CT molecular complexity index is 434. The number of carbonyl (C=O) groups is 1. The third-order valence-corrected chi connectivity index (χ3v) is 1.58. The van der Waals surface area contributed by atoms with Gasteiger partial charge < -0.3 is 0 Å². The molecule has 0 bridgehead atoms. The third kappa shape index (κ3) is 0.868. The number of carbonyl (C=O) groups excluding carboxylic acids is 1. The van der Waals surface area contributed by atoms with E-state index in [4.69, 9.17) is 0 Å². The van der Waals surface area contributed by atoms with Crippen LogP contribution in [-0.2, 0) is 0 Å². The molecule has 0 radical (unpaired) electrons. The Kier molecular flexibility index (Phi) is 1.36. The molecule has 0 spiro atoms. The molecule has 5 nitrogen and oxygen atoms in total. The van der Waals surface area contributed by atoms with Crippen LogP contribution in [0.25, 0.3) is 11.2 Å². The number of rotatable bonds is 1. The number of hydrogen-bond acceptors (Lipinski definition) is 4. The molecular formula is C7H6N4O. The molecule has 0 aliphatic carbocycles. The number of aromatic amines is 1. The molecule has 1 N–H and O–H groups in total. The van der Waals surface area contributed by atoms with Crippen molar-refractivity contribution in [2.24, 2.45) is 0 Å². The van der Waals surface area contributed by atoms with Crippen molar-refractivity contribution >= 4 is 17.5 Å². The lowest BCUT2D eigenvalue weighted by atomic mass is 10.4. The van der Waals surface area contributed by atoms with Gasteiger partial charge in [0.1, 0.15) is 11.2 Å². The maximum atomic E-state index is 10.4. The minimum atomic E-state index is 0.326. The van der Waals surface area contributed by atoms with Crippen LogP contribution in [0.3, 0.4) is 0 Å². The van der Waals surface area contributed by atoms with E-state index in [1.807, 2.05) is 6.92 Å². The van der Waals surface area contributed by atoms with E-state index in [-0.39, 0.29) is 0 Å². The highest BCUT2D eigenvalue weighted by Crippen LogP contribution is 2.08. The lowest BCUT2D eigenvalue weighted by Crippen LogP contribution is -1.89. The number of fused-ring (bicyclic) bond motifs is 1. The van der Waals surface area contributed by atoms with E-state index >= 15 is 0 Å². The highest BCUT2D eigenvalue weighted by Gasteiger charge is 2.04. The lowest BCUT2D eigenvalue weighted by molar-refractivity contribution is 0.111. The van der Waals surface area contributed by atoms with Crippen LogP contribution in [-0.4, -0.2) is 26.5 Å². The Hall–Kier alpha value is -1.78. The van der Waals surface area contributed by atoms with Gasteiger partial charge in [0, 0.05) is 0 Å². The van der Waals surface area contributed by atoms with Gasteiger partial charge in [-0.3, -0.25) is 9.89 Å². The summed E-state index contributed by atoms with van der Waals surface area (Å²) in [5.74, 6) is 0. The Morgan fingerprint density at radius 1 is 1.58 bits per heavy atom. The number of H-pyrrole nitrogens is 1. The summed E-state index contributed by atoms with van der Waals surface area (Å²) in [6.45, 7) is 1.83. The summed E-state index contributed by atoms with van der Waals surface area (Å²) >= 11 is 0. The van der Waals surface area contributed by atoms with Crippen LogP contribution in [0.4, 0.5) is 0 Å². The monoisotopic (exact) mass is 162 g/mol. The summed E-state index contributed by atoms with van der Waals surface area (Å²) in [5, 5.41) is 6.62. The average molecular weight is 162 g/mol. The van der Waals surface area contributed by atoms with Crippen LogP contribution in [0.15, 0.2) is 6.20 Å². The highest BCUT2D eigenvalue weighted by atomic mass is 16.1. The van der Waals surface area contributed by atoms with Crippen LogP contribution in [0.1, 0.15) is 16.2 Å². The molecule has 0 amide bonds. The number of hydrogen-bond donors (Lipinski definition) is 1. The van der Waals surface area contributed by atoms with Crippen molar-refractivity contribution in [3.05, 3.63) is 17.6 Å². The molecule has 0 unspecified atom stereocenters. The van der Waals surface area contributed by atoms with Gasteiger partial charge in [0.15, 0.2) is 11.9 Å². The predicted octanol–water partition coefficient (Wildman–Crippen LogP) is 0.474. The average Bonchev–Trinajstić information content (AvgIpc) is 2.47. The van der Waals surface area contributed by atoms with Crippen molar-refractivity contribution in [2.75, 3.05) is 0 Å². The molecule has 0 atom stereocenters. The van der Waals surface area contributed by atoms with Crippen molar-refractivity contribution < 1.29 is 4.79 Å². The van der Waals surface area contributed by atoms with Crippen molar-refractivity contribution in [3.63, 3.8) is 0 Å². The Morgan fingerprint density at radius 3 is 3.17 bits per heavy atom. The summed E-state index contributed by atoms with van der Waals surface area (Å²) in [4.78, 5) is 18.3. The lowest BCUT2D eigenvalue weighted by Gasteiger charge is -1.88. The molecule has 0 saturated heterocycles. The third-order valence-electron chi connectivity index (χ3n) is 1.58. The molecule has 2 aromatic rings. The summed E-state index contributed by atoms with van der Waals surface area (Å²) in [6, 6.07) is 0. The fourth-order valence-corrected chi connectivity index (χ4v) is 0.976. The van der Waals surface area contributed by atoms with E-state index in [9.17, 15) is 4.79 Å². The quantitative estimate of drug-likeness (QED) is 0.619. The number of nitrogens with one attached hydrogen (secondary N) is 1. The van der Waals surface area contributed by atoms with E-state index in [0.29, 0.717) is 23.1 Å². The molecule has 0 aliphatic heterocycles. The van der Waals surface area contributed by atoms with Gasteiger partial charge in [-0.25, -0.2) is 9.97 Å². The van der Waals surface area contributed by atoms with Crippen molar-refractivity contribution in [1.29, 1.82) is 0 Å². The first-order chi connectivity index (χ1) is 5.81. The molecule has 12 heavy (non-hydrogen) atoms. The second-order valence-electron chi connectivity index (χ2n) is 2.43. The van der Waals surface area contributed by atoms with Crippen LogP contribution >= 0.6 is 0 Å². The van der Waals surface area contributed by atoms with Crippen LogP contribution in [0, 0.1) is 6.92 Å². The van der Waals surface area contributed by atoms with Crippen LogP contribution < -0.4 is 0 Å². The Balaban J connectivity index is 2.79. The fraction of sp³-hybridized carbons (Fsp3) is 0.143. The zero-order valence-electron chi connectivity index (χ0n) is 6.40. The van der Waals surface area contributed by atoms with Gasteiger partial charge in [0.25, 0.3) is 0 Å². The zero-order valence-corrected chi connectivity index (χ0v) is 6.40. The second-order valence-corrected chi connectivity index (χ2v) is 2.43. The maximum Gasteiger partial charge on any atom is 0.199 e. The first-order valence-electron chi connectivity index (χ1n) is 3.44. The molecule has 0 aromatic carbocycles. The Labute approximate surface area is 67.8 Å². The van der Waals surface area contributed by atoms with Gasteiger partial charge in [-0.2, -0.15) is 5.10 Å². The van der Waals surface area contributed by atoms with E-state index in [2.05, 4.69) is 20.2 Å². The molecule has 0 fully saturated rings.